The van der Waals surface area contributed by atoms with Crippen molar-refractivity contribution in [3.05, 3.63) is 41.5 Å². The molecule has 0 aliphatic carbocycles. The summed E-state index contributed by atoms with van der Waals surface area (Å²) >= 11 is 0. The van der Waals surface area contributed by atoms with Crippen molar-refractivity contribution in [3.63, 3.8) is 0 Å². The molecule has 0 fully saturated rings. The lowest BCUT2D eigenvalue weighted by molar-refractivity contribution is 0.254. The smallest absolute Gasteiger partial charge is 0.193 e. The predicted octanol–water partition coefficient (Wildman–Crippen LogP) is 2.96. The van der Waals surface area contributed by atoms with E-state index in [1.807, 2.05) is 18.2 Å². The summed E-state index contributed by atoms with van der Waals surface area (Å²) in [7, 11) is 4.83. The fourth-order valence-electron chi connectivity index (χ4n) is 3.07. The molecule has 0 saturated heterocycles. The first-order valence-corrected chi connectivity index (χ1v) is 8.69. The lowest BCUT2D eigenvalue weighted by atomic mass is 10.1. The van der Waals surface area contributed by atoms with Gasteiger partial charge in [0.05, 0.1) is 27.9 Å². The highest BCUT2D eigenvalue weighted by atomic mass is 16.5. The van der Waals surface area contributed by atoms with Crippen LogP contribution in [0.2, 0.25) is 0 Å². The maximum absolute atomic E-state index is 6.04. The molecular formula is C20H25N3O4. The lowest BCUT2D eigenvalue weighted by Gasteiger charge is -2.12. The van der Waals surface area contributed by atoms with Crippen LogP contribution in [0, 0.1) is 0 Å². The summed E-state index contributed by atoms with van der Waals surface area (Å²) in [5, 5.41) is 3.06. The summed E-state index contributed by atoms with van der Waals surface area (Å²) in [5.41, 5.74) is 8.87. The van der Waals surface area contributed by atoms with Gasteiger partial charge in [0, 0.05) is 29.3 Å². The van der Waals surface area contributed by atoms with Crippen LogP contribution in [-0.4, -0.2) is 33.4 Å². The van der Waals surface area contributed by atoms with Crippen molar-refractivity contribution in [3.8, 4) is 23.0 Å². The summed E-state index contributed by atoms with van der Waals surface area (Å²) in [6, 6.07) is 9.43. The second-order valence-corrected chi connectivity index (χ2v) is 6.30. The number of aliphatic imine (C=N–C) groups is 1. The largest absolute Gasteiger partial charge is 0.496 e. The number of guanidine groups is 1. The number of rotatable bonds is 6. The molecule has 1 aliphatic rings. The van der Waals surface area contributed by atoms with Gasteiger partial charge in [-0.05, 0) is 31.2 Å². The molecule has 1 atom stereocenters. The Morgan fingerprint density at radius 2 is 1.85 bits per heavy atom. The molecule has 27 heavy (non-hydrogen) atoms. The maximum Gasteiger partial charge on any atom is 0.193 e. The van der Waals surface area contributed by atoms with E-state index in [1.54, 1.807) is 33.5 Å². The zero-order chi connectivity index (χ0) is 19.4. The van der Waals surface area contributed by atoms with Crippen molar-refractivity contribution in [2.45, 2.75) is 26.0 Å². The van der Waals surface area contributed by atoms with Crippen molar-refractivity contribution < 1.29 is 18.9 Å². The highest BCUT2D eigenvalue weighted by Gasteiger charge is 2.21. The van der Waals surface area contributed by atoms with Crippen LogP contribution in [0.15, 0.2) is 35.3 Å². The fraction of sp³-hybridized carbons (Fsp3) is 0.350. The molecule has 7 heteroatoms. The number of ether oxygens (including phenoxy) is 4. The number of nitrogens with two attached hydrogens (primary N) is 1. The number of nitrogens with zero attached hydrogens (tertiary/aromatic N) is 1. The van der Waals surface area contributed by atoms with Crippen LogP contribution >= 0.6 is 0 Å². The lowest BCUT2D eigenvalue weighted by Crippen LogP contribution is -2.22. The molecule has 0 amide bonds. The standard InChI is InChI=1S/C20H25N3O4/c1-12-7-13-8-17(25-3)14(9-18(13)27-12)11-22-20(21)23-15-5-6-16(24-2)19(10-15)26-4/h5-6,8-10,12H,7,11H2,1-4H3,(H3,21,22,23). The number of nitrogens with one attached hydrogen (secondary N) is 1. The molecule has 144 valence electrons. The van der Waals surface area contributed by atoms with Crippen LogP contribution in [0.25, 0.3) is 0 Å². The van der Waals surface area contributed by atoms with Gasteiger partial charge in [-0.15, -0.1) is 0 Å². The van der Waals surface area contributed by atoms with E-state index in [9.17, 15) is 0 Å². The molecule has 7 nitrogen and oxygen atoms in total. The molecule has 3 N–H and O–H groups in total. The predicted molar refractivity (Wildman–Crippen MR) is 105 cm³/mol. The Labute approximate surface area is 159 Å². The minimum atomic E-state index is 0.181. The number of fused-ring (bicyclic) bond motifs is 1. The van der Waals surface area contributed by atoms with Gasteiger partial charge < -0.3 is 30.0 Å². The van der Waals surface area contributed by atoms with Crippen LogP contribution in [0.4, 0.5) is 5.69 Å². The molecule has 0 bridgehead atoms. The first-order valence-electron chi connectivity index (χ1n) is 8.69. The zero-order valence-electron chi connectivity index (χ0n) is 16.0. The van der Waals surface area contributed by atoms with Gasteiger partial charge in [0.2, 0.25) is 0 Å². The van der Waals surface area contributed by atoms with Crippen LogP contribution < -0.4 is 30.0 Å². The zero-order valence-corrected chi connectivity index (χ0v) is 16.0. The monoisotopic (exact) mass is 371 g/mol. The van der Waals surface area contributed by atoms with E-state index in [0.29, 0.717) is 24.0 Å². The van der Waals surface area contributed by atoms with Crippen LogP contribution in [0.5, 0.6) is 23.0 Å². The Morgan fingerprint density at radius 1 is 1.11 bits per heavy atom. The van der Waals surface area contributed by atoms with E-state index in [2.05, 4.69) is 17.2 Å². The Morgan fingerprint density at radius 3 is 2.56 bits per heavy atom. The van der Waals surface area contributed by atoms with Gasteiger partial charge in [-0.1, -0.05) is 0 Å². The van der Waals surface area contributed by atoms with E-state index in [1.165, 1.54) is 0 Å². The summed E-state index contributed by atoms with van der Waals surface area (Å²) in [5.74, 6) is 3.23. The van der Waals surface area contributed by atoms with E-state index in [4.69, 9.17) is 24.7 Å². The second-order valence-electron chi connectivity index (χ2n) is 6.30. The number of hydrogen-bond donors (Lipinski definition) is 2. The quantitative estimate of drug-likeness (QED) is 0.600. The third kappa shape index (κ3) is 4.19. The highest BCUT2D eigenvalue weighted by Crippen LogP contribution is 2.35. The molecule has 0 aromatic heterocycles. The van der Waals surface area contributed by atoms with E-state index in [0.717, 1.165) is 34.7 Å². The third-order valence-electron chi connectivity index (χ3n) is 4.37. The third-order valence-corrected chi connectivity index (χ3v) is 4.37. The molecule has 3 rings (SSSR count). The topological polar surface area (TPSA) is 87.3 Å². The fourth-order valence-corrected chi connectivity index (χ4v) is 3.07. The Balaban J connectivity index is 1.73. The van der Waals surface area contributed by atoms with Crippen molar-refractivity contribution in [2.75, 3.05) is 26.6 Å². The van der Waals surface area contributed by atoms with Crippen LogP contribution in [-0.2, 0) is 13.0 Å². The molecule has 1 aliphatic heterocycles. The molecule has 1 heterocycles. The number of benzene rings is 2. The van der Waals surface area contributed by atoms with Gasteiger partial charge in [0.25, 0.3) is 0 Å². The van der Waals surface area contributed by atoms with E-state index >= 15 is 0 Å². The SMILES string of the molecule is COc1cc2c(cc1CN=C(N)Nc1ccc(OC)c(OC)c1)OC(C)C2. The summed E-state index contributed by atoms with van der Waals surface area (Å²) in [6.45, 7) is 2.43. The van der Waals surface area contributed by atoms with Crippen molar-refractivity contribution in [1.29, 1.82) is 0 Å². The Hall–Kier alpha value is -3.09. The average molecular weight is 371 g/mol. The molecule has 1 unspecified atom stereocenters. The maximum atomic E-state index is 6.04. The average Bonchev–Trinajstić information content (AvgIpc) is 3.04. The molecule has 0 saturated carbocycles. The van der Waals surface area contributed by atoms with Gasteiger partial charge in [-0.3, -0.25) is 0 Å². The normalized spacial score (nSPS) is 15.7. The second kappa shape index (κ2) is 8.07. The molecule has 0 radical (unpaired) electrons. The summed E-state index contributed by atoms with van der Waals surface area (Å²) in [4.78, 5) is 4.42. The van der Waals surface area contributed by atoms with Crippen molar-refractivity contribution >= 4 is 11.6 Å². The molecule has 2 aromatic rings. The van der Waals surface area contributed by atoms with Crippen molar-refractivity contribution in [1.82, 2.24) is 0 Å². The molecular weight excluding hydrogens is 346 g/mol. The molecule has 0 spiro atoms. The van der Waals surface area contributed by atoms with E-state index < -0.39 is 0 Å². The minimum absolute atomic E-state index is 0.181. The highest BCUT2D eigenvalue weighted by molar-refractivity contribution is 5.92. The van der Waals surface area contributed by atoms with Gasteiger partial charge in [0.15, 0.2) is 17.5 Å². The molecule has 2 aromatic carbocycles. The number of anilines is 1. The minimum Gasteiger partial charge on any atom is -0.496 e. The first kappa shape index (κ1) is 18.7. The number of hydrogen-bond acceptors (Lipinski definition) is 5. The van der Waals surface area contributed by atoms with Crippen LogP contribution in [0.3, 0.4) is 0 Å². The Bertz CT molecular complexity index is 851. The summed E-state index contributed by atoms with van der Waals surface area (Å²) < 4.78 is 21.8. The van der Waals surface area contributed by atoms with Gasteiger partial charge >= 0.3 is 0 Å². The van der Waals surface area contributed by atoms with Gasteiger partial charge in [-0.2, -0.15) is 0 Å². The van der Waals surface area contributed by atoms with Crippen LogP contribution in [0.1, 0.15) is 18.1 Å². The van der Waals surface area contributed by atoms with Gasteiger partial charge in [0.1, 0.15) is 17.6 Å². The first-order chi connectivity index (χ1) is 13.0. The van der Waals surface area contributed by atoms with E-state index in [-0.39, 0.29) is 6.10 Å². The van der Waals surface area contributed by atoms with Gasteiger partial charge in [-0.25, -0.2) is 4.99 Å². The van der Waals surface area contributed by atoms with Crippen molar-refractivity contribution in [2.24, 2.45) is 10.7 Å². The number of methoxy groups -OCH3 is 3. The summed E-state index contributed by atoms with van der Waals surface area (Å²) in [6.07, 6.45) is 1.07. The Kier molecular flexibility index (Phi) is 5.59.